The maximum atomic E-state index is 9.89. The van der Waals surface area contributed by atoms with Crippen molar-refractivity contribution in [2.75, 3.05) is 6.61 Å². The SMILES string of the molecule is Cc1cc(-c2nc(CCOc3ccccc3)c(C)o2)cc(C)c1O. The quantitative estimate of drug-likeness (QED) is 0.746. The fourth-order valence-electron chi connectivity index (χ4n) is 2.65. The molecule has 0 fully saturated rings. The first-order valence-corrected chi connectivity index (χ1v) is 7.99. The second kappa shape index (κ2) is 6.79. The molecule has 0 aliphatic heterocycles. The molecule has 4 nitrogen and oxygen atoms in total. The van der Waals surface area contributed by atoms with Crippen LogP contribution < -0.4 is 4.74 Å². The van der Waals surface area contributed by atoms with Gasteiger partial charge >= 0.3 is 0 Å². The van der Waals surface area contributed by atoms with Gasteiger partial charge in [0.05, 0.1) is 12.3 Å². The number of benzene rings is 2. The molecule has 2 aromatic carbocycles. The molecule has 0 unspecified atom stereocenters. The number of phenolic OH excluding ortho intramolecular Hbond substituents is 1. The zero-order chi connectivity index (χ0) is 17.1. The number of aromatic nitrogens is 1. The number of hydrogen-bond acceptors (Lipinski definition) is 4. The van der Waals surface area contributed by atoms with E-state index in [0.29, 0.717) is 24.7 Å². The Bertz CT molecular complexity index is 814. The molecule has 3 rings (SSSR count). The average Bonchev–Trinajstić information content (AvgIpc) is 2.94. The molecule has 0 saturated heterocycles. The van der Waals surface area contributed by atoms with Gasteiger partial charge in [-0.1, -0.05) is 18.2 Å². The molecular weight excluding hydrogens is 302 g/mol. The van der Waals surface area contributed by atoms with Crippen LogP contribution in [0.25, 0.3) is 11.5 Å². The largest absolute Gasteiger partial charge is 0.507 e. The third-order valence-corrected chi connectivity index (χ3v) is 3.98. The van der Waals surface area contributed by atoms with E-state index in [-0.39, 0.29) is 0 Å². The van der Waals surface area contributed by atoms with Crippen molar-refractivity contribution in [2.24, 2.45) is 0 Å². The number of ether oxygens (including phenoxy) is 1. The van der Waals surface area contributed by atoms with Crippen LogP contribution in [-0.4, -0.2) is 16.7 Å². The van der Waals surface area contributed by atoms with E-state index in [1.807, 2.05) is 63.2 Å². The van der Waals surface area contributed by atoms with E-state index in [1.165, 1.54) is 0 Å². The number of aryl methyl sites for hydroxylation is 3. The average molecular weight is 323 g/mol. The summed E-state index contributed by atoms with van der Waals surface area (Å²) in [6.07, 6.45) is 0.681. The Balaban J connectivity index is 1.73. The molecule has 0 spiro atoms. The summed E-state index contributed by atoms with van der Waals surface area (Å²) in [4.78, 5) is 4.59. The van der Waals surface area contributed by atoms with E-state index in [2.05, 4.69) is 4.98 Å². The normalized spacial score (nSPS) is 10.8. The second-order valence-corrected chi connectivity index (χ2v) is 5.89. The first-order chi connectivity index (χ1) is 11.5. The summed E-state index contributed by atoms with van der Waals surface area (Å²) < 4.78 is 11.5. The van der Waals surface area contributed by atoms with Crippen LogP contribution in [0, 0.1) is 20.8 Å². The fraction of sp³-hybridized carbons (Fsp3) is 0.250. The summed E-state index contributed by atoms with van der Waals surface area (Å²) in [5.74, 6) is 2.54. The highest BCUT2D eigenvalue weighted by Gasteiger charge is 2.13. The van der Waals surface area contributed by atoms with Crippen LogP contribution in [0.3, 0.4) is 0 Å². The van der Waals surface area contributed by atoms with Crippen molar-refractivity contribution < 1.29 is 14.3 Å². The van der Waals surface area contributed by atoms with E-state index >= 15 is 0 Å². The number of aromatic hydroxyl groups is 1. The van der Waals surface area contributed by atoms with Crippen LogP contribution in [0.2, 0.25) is 0 Å². The number of hydrogen-bond donors (Lipinski definition) is 1. The van der Waals surface area contributed by atoms with E-state index < -0.39 is 0 Å². The summed E-state index contributed by atoms with van der Waals surface area (Å²) in [6, 6.07) is 13.5. The lowest BCUT2D eigenvalue weighted by Crippen LogP contribution is -2.02. The first-order valence-electron chi connectivity index (χ1n) is 7.99. The Hall–Kier alpha value is -2.75. The van der Waals surface area contributed by atoms with E-state index in [9.17, 15) is 5.11 Å². The number of phenols is 1. The van der Waals surface area contributed by atoms with Gasteiger partial charge in [-0.05, 0) is 56.2 Å². The summed E-state index contributed by atoms with van der Waals surface area (Å²) in [7, 11) is 0. The van der Waals surface area contributed by atoms with Gasteiger partial charge in [0, 0.05) is 12.0 Å². The lowest BCUT2D eigenvalue weighted by atomic mass is 10.1. The molecule has 0 aliphatic rings. The van der Waals surface area contributed by atoms with Crippen molar-refractivity contribution >= 4 is 0 Å². The topological polar surface area (TPSA) is 55.5 Å². The minimum Gasteiger partial charge on any atom is -0.507 e. The Morgan fingerprint density at radius 3 is 2.38 bits per heavy atom. The van der Waals surface area contributed by atoms with Crippen molar-refractivity contribution in [1.29, 1.82) is 0 Å². The summed E-state index contributed by atoms with van der Waals surface area (Å²) in [6.45, 7) is 6.20. The molecule has 1 heterocycles. The molecule has 24 heavy (non-hydrogen) atoms. The third-order valence-electron chi connectivity index (χ3n) is 3.98. The lowest BCUT2D eigenvalue weighted by molar-refractivity contribution is 0.320. The second-order valence-electron chi connectivity index (χ2n) is 5.89. The van der Waals surface area contributed by atoms with Crippen molar-refractivity contribution in [3.05, 3.63) is 65.0 Å². The van der Waals surface area contributed by atoms with Crippen molar-refractivity contribution in [3.63, 3.8) is 0 Å². The molecule has 0 saturated carbocycles. The first kappa shape index (κ1) is 16.1. The van der Waals surface area contributed by atoms with Crippen LogP contribution in [0.15, 0.2) is 46.9 Å². The van der Waals surface area contributed by atoms with Crippen LogP contribution in [0.5, 0.6) is 11.5 Å². The summed E-state index contributed by atoms with van der Waals surface area (Å²) in [5.41, 5.74) is 3.40. The van der Waals surface area contributed by atoms with Crippen LogP contribution in [0.1, 0.15) is 22.6 Å². The molecular formula is C20H21NO3. The van der Waals surface area contributed by atoms with Gasteiger partial charge in [-0.3, -0.25) is 0 Å². The minimum atomic E-state index is 0.318. The van der Waals surface area contributed by atoms with Gasteiger partial charge in [-0.25, -0.2) is 4.98 Å². The molecule has 3 aromatic rings. The lowest BCUT2D eigenvalue weighted by Gasteiger charge is -2.05. The maximum absolute atomic E-state index is 9.89. The van der Waals surface area contributed by atoms with Gasteiger partial charge < -0.3 is 14.3 Å². The van der Waals surface area contributed by atoms with Crippen LogP contribution in [0.4, 0.5) is 0 Å². The molecule has 0 atom stereocenters. The van der Waals surface area contributed by atoms with E-state index in [1.54, 1.807) is 0 Å². The number of rotatable bonds is 5. The Labute approximate surface area is 141 Å². The zero-order valence-electron chi connectivity index (χ0n) is 14.2. The molecule has 0 bridgehead atoms. The summed E-state index contributed by atoms with van der Waals surface area (Å²) >= 11 is 0. The van der Waals surface area contributed by atoms with Gasteiger partial charge in [0.15, 0.2) is 0 Å². The maximum Gasteiger partial charge on any atom is 0.226 e. The fourth-order valence-corrected chi connectivity index (χ4v) is 2.65. The van der Waals surface area contributed by atoms with Crippen molar-refractivity contribution in [3.8, 4) is 23.0 Å². The standard InChI is InChI=1S/C20H21NO3/c1-13-11-16(12-14(2)19(13)22)20-21-18(15(3)24-20)9-10-23-17-7-5-4-6-8-17/h4-8,11-12,22H,9-10H2,1-3H3. The Kier molecular flexibility index (Phi) is 4.56. The van der Waals surface area contributed by atoms with Crippen LogP contribution >= 0.6 is 0 Å². The molecule has 1 aromatic heterocycles. The van der Waals surface area contributed by atoms with Gasteiger partial charge in [0.25, 0.3) is 0 Å². The van der Waals surface area contributed by atoms with Gasteiger partial charge in [-0.15, -0.1) is 0 Å². The predicted octanol–water partition coefficient (Wildman–Crippen LogP) is 4.59. The van der Waals surface area contributed by atoms with Gasteiger partial charge in [-0.2, -0.15) is 0 Å². The minimum absolute atomic E-state index is 0.318. The number of para-hydroxylation sites is 1. The zero-order valence-corrected chi connectivity index (χ0v) is 14.2. The molecule has 0 amide bonds. The van der Waals surface area contributed by atoms with E-state index in [0.717, 1.165) is 33.9 Å². The van der Waals surface area contributed by atoms with Crippen LogP contribution in [-0.2, 0) is 6.42 Å². The van der Waals surface area contributed by atoms with Crippen molar-refractivity contribution in [2.45, 2.75) is 27.2 Å². The summed E-state index contributed by atoms with van der Waals surface area (Å²) in [5, 5.41) is 9.89. The molecule has 1 N–H and O–H groups in total. The highest BCUT2D eigenvalue weighted by Crippen LogP contribution is 2.29. The Morgan fingerprint density at radius 1 is 1.04 bits per heavy atom. The van der Waals surface area contributed by atoms with Crippen molar-refractivity contribution in [1.82, 2.24) is 4.98 Å². The van der Waals surface area contributed by atoms with Gasteiger partial charge in [0.1, 0.15) is 17.3 Å². The molecule has 4 heteroatoms. The Morgan fingerprint density at radius 2 is 1.71 bits per heavy atom. The molecule has 0 aliphatic carbocycles. The highest BCUT2D eigenvalue weighted by molar-refractivity contribution is 5.60. The third kappa shape index (κ3) is 3.43. The number of nitrogens with zero attached hydrogens (tertiary/aromatic N) is 1. The van der Waals surface area contributed by atoms with E-state index in [4.69, 9.17) is 9.15 Å². The molecule has 124 valence electrons. The monoisotopic (exact) mass is 323 g/mol. The highest BCUT2D eigenvalue weighted by atomic mass is 16.5. The number of oxazole rings is 1. The smallest absolute Gasteiger partial charge is 0.226 e. The predicted molar refractivity (Wildman–Crippen MR) is 93.5 cm³/mol. The molecule has 0 radical (unpaired) electrons. The van der Waals surface area contributed by atoms with Gasteiger partial charge in [0.2, 0.25) is 5.89 Å².